The zero-order valence-electron chi connectivity index (χ0n) is 13.5. The lowest BCUT2D eigenvalue weighted by molar-refractivity contribution is -0.166. The highest BCUT2D eigenvalue weighted by Crippen LogP contribution is 2.20. The highest BCUT2D eigenvalue weighted by Gasteiger charge is 2.25. The van der Waals surface area contributed by atoms with Crippen LogP contribution in [0.2, 0.25) is 0 Å². The van der Waals surface area contributed by atoms with Gasteiger partial charge in [-0.2, -0.15) is 0 Å². The molecule has 1 aromatic rings. The summed E-state index contributed by atoms with van der Waals surface area (Å²) in [6.45, 7) is 2.17. The second-order valence-electron chi connectivity index (χ2n) is 5.32. The first-order valence-corrected chi connectivity index (χ1v) is 8.01. The Hall–Kier alpha value is -1.84. The molecule has 0 aliphatic heterocycles. The summed E-state index contributed by atoms with van der Waals surface area (Å²) in [6, 6.07) is 8.94. The normalized spacial score (nSPS) is 11.7. The third-order valence-electron chi connectivity index (χ3n) is 3.50. The van der Waals surface area contributed by atoms with Crippen LogP contribution in [0.25, 0.3) is 0 Å². The summed E-state index contributed by atoms with van der Waals surface area (Å²) in [7, 11) is 1.29. The quantitative estimate of drug-likeness (QED) is 0.480. The topological polar surface area (TPSA) is 52.6 Å². The standard InChI is InChI=1S/C18H26O4/c1-3-4-5-6-7-11-14-16(19)22-17(18(20)21-2)15-12-9-8-10-13-15/h8-10,12-13,17H,3-7,11,14H2,1-2H3. The largest absolute Gasteiger partial charge is 0.466 e. The molecular formula is C18H26O4. The molecule has 0 aromatic heterocycles. The number of carbonyl (C=O) groups excluding carboxylic acids is 2. The van der Waals surface area contributed by atoms with E-state index in [2.05, 4.69) is 6.92 Å². The average Bonchev–Trinajstić information content (AvgIpc) is 2.56. The lowest BCUT2D eigenvalue weighted by Gasteiger charge is -2.16. The van der Waals surface area contributed by atoms with Crippen molar-refractivity contribution in [1.82, 2.24) is 0 Å². The first-order chi connectivity index (χ1) is 10.7. The van der Waals surface area contributed by atoms with E-state index in [1.54, 1.807) is 24.3 Å². The molecule has 0 bridgehead atoms. The molecule has 0 saturated carbocycles. The van der Waals surface area contributed by atoms with Crippen molar-refractivity contribution in [2.24, 2.45) is 0 Å². The molecule has 0 fully saturated rings. The van der Waals surface area contributed by atoms with Gasteiger partial charge in [-0.15, -0.1) is 0 Å². The molecule has 22 heavy (non-hydrogen) atoms. The molecule has 0 heterocycles. The van der Waals surface area contributed by atoms with Gasteiger partial charge in [-0.25, -0.2) is 4.79 Å². The second kappa shape index (κ2) is 10.8. The van der Waals surface area contributed by atoms with Crippen LogP contribution in [0.4, 0.5) is 0 Å². The summed E-state index contributed by atoms with van der Waals surface area (Å²) in [5.74, 6) is -0.905. The van der Waals surface area contributed by atoms with E-state index in [0.29, 0.717) is 12.0 Å². The molecule has 0 N–H and O–H groups in total. The van der Waals surface area contributed by atoms with Gasteiger partial charge in [-0.1, -0.05) is 69.4 Å². The van der Waals surface area contributed by atoms with E-state index in [-0.39, 0.29) is 5.97 Å². The predicted molar refractivity (Wildman–Crippen MR) is 85.3 cm³/mol. The van der Waals surface area contributed by atoms with Crippen molar-refractivity contribution in [3.05, 3.63) is 35.9 Å². The third-order valence-corrected chi connectivity index (χ3v) is 3.50. The second-order valence-corrected chi connectivity index (χ2v) is 5.32. The molecule has 0 aliphatic rings. The van der Waals surface area contributed by atoms with Gasteiger partial charge in [0.1, 0.15) is 0 Å². The molecule has 122 valence electrons. The molecule has 0 spiro atoms. The zero-order valence-corrected chi connectivity index (χ0v) is 13.5. The fourth-order valence-corrected chi connectivity index (χ4v) is 2.23. The fraction of sp³-hybridized carbons (Fsp3) is 0.556. The van der Waals surface area contributed by atoms with Gasteiger partial charge < -0.3 is 9.47 Å². The van der Waals surface area contributed by atoms with Crippen LogP contribution < -0.4 is 0 Å². The Balaban J connectivity index is 2.42. The molecule has 1 rings (SSSR count). The molecule has 0 radical (unpaired) electrons. The Bertz CT molecular complexity index is 442. The summed E-state index contributed by atoms with van der Waals surface area (Å²) in [4.78, 5) is 23.7. The van der Waals surface area contributed by atoms with E-state index >= 15 is 0 Å². The zero-order chi connectivity index (χ0) is 16.2. The van der Waals surface area contributed by atoms with Gasteiger partial charge in [0.15, 0.2) is 0 Å². The van der Waals surface area contributed by atoms with Crippen molar-refractivity contribution < 1.29 is 19.1 Å². The van der Waals surface area contributed by atoms with Gasteiger partial charge in [-0.05, 0) is 6.42 Å². The first kappa shape index (κ1) is 18.2. The van der Waals surface area contributed by atoms with Gasteiger partial charge in [0.05, 0.1) is 7.11 Å². The number of benzene rings is 1. The van der Waals surface area contributed by atoms with Crippen LogP contribution >= 0.6 is 0 Å². The Morgan fingerprint density at radius 1 is 1.00 bits per heavy atom. The van der Waals surface area contributed by atoms with Crippen molar-refractivity contribution in [1.29, 1.82) is 0 Å². The van der Waals surface area contributed by atoms with Gasteiger partial charge in [0.2, 0.25) is 6.10 Å². The number of esters is 2. The lowest BCUT2D eigenvalue weighted by Crippen LogP contribution is -2.21. The summed E-state index contributed by atoms with van der Waals surface area (Å²) >= 11 is 0. The molecule has 1 aromatic carbocycles. The van der Waals surface area contributed by atoms with E-state index in [9.17, 15) is 9.59 Å². The predicted octanol–water partition coefficient (Wildman–Crippen LogP) is 4.19. The Kier molecular flexibility index (Phi) is 8.96. The van der Waals surface area contributed by atoms with Crippen LogP contribution in [0.15, 0.2) is 30.3 Å². The van der Waals surface area contributed by atoms with E-state index in [1.807, 2.05) is 6.07 Å². The maximum absolute atomic E-state index is 11.9. The number of unbranched alkanes of at least 4 members (excludes halogenated alkanes) is 5. The first-order valence-electron chi connectivity index (χ1n) is 8.01. The number of rotatable bonds is 10. The molecule has 4 heteroatoms. The van der Waals surface area contributed by atoms with Crippen molar-refractivity contribution in [3.63, 3.8) is 0 Å². The highest BCUT2D eigenvalue weighted by atomic mass is 16.6. The van der Waals surface area contributed by atoms with Crippen molar-refractivity contribution in [3.8, 4) is 0 Å². The number of hydrogen-bond donors (Lipinski definition) is 0. The van der Waals surface area contributed by atoms with E-state index < -0.39 is 12.1 Å². The Labute approximate surface area is 132 Å². The van der Waals surface area contributed by atoms with Crippen LogP contribution in [0.1, 0.15) is 63.5 Å². The summed E-state index contributed by atoms with van der Waals surface area (Å²) < 4.78 is 10.0. The van der Waals surface area contributed by atoms with Crippen LogP contribution in [-0.4, -0.2) is 19.0 Å². The third kappa shape index (κ3) is 6.74. The number of carbonyl (C=O) groups is 2. The van der Waals surface area contributed by atoms with E-state index in [1.165, 1.54) is 26.4 Å². The molecule has 0 saturated heterocycles. The van der Waals surface area contributed by atoms with Crippen LogP contribution in [-0.2, 0) is 19.1 Å². The number of hydrogen-bond acceptors (Lipinski definition) is 4. The monoisotopic (exact) mass is 306 g/mol. The molecular weight excluding hydrogens is 280 g/mol. The molecule has 1 unspecified atom stereocenters. The van der Waals surface area contributed by atoms with Gasteiger partial charge in [0.25, 0.3) is 0 Å². The SMILES string of the molecule is CCCCCCCCC(=O)OC(C(=O)OC)c1ccccc1. The van der Waals surface area contributed by atoms with Crippen LogP contribution in [0.5, 0.6) is 0 Å². The molecule has 4 nitrogen and oxygen atoms in total. The maximum atomic E-state index is 11.9. The van der Waals surface area contributed by atoms with E-state index in [4.69, 9.17) is 9.47 Å². The molecule has 0 aliphatic carbocycles. The van der Waals surface area contributed by atoms with Gasteiger partial charge in [0, 0.05) is 12.0 Å². The van der Waals surface area contributed by atoms with Crippen molar-refractivity contribution in [2.75, 3.05) is 7.11 Å². The summed E-state index contributed by atoms with van der Waals surface area (Å²) in [5.41, 5.74) is 0.630. The summed E-state index contributed by atoms with van der Waals surface area (Å²) in [6.07, 6.45) is 5.98. The fourth-order valence-electron chi connectivity index (χ4n) is 2.23. The van der Waals surface area contributed by atoms with Gasteiger partial charge in [-0.3, -0.25) is 4.79 Å². The van der Waals surface area contributed by atoms with Gasteiger partial charge >= 0.3 is 11.9 Å². The smallest absolute Gasteiger partial charge is 0.351 e. The summed E-state index contributed by atoms with van der Waals surface area (Å²) in [5, 5.41) is 0. The number of methoxy groups -OCH3 is 1. The Morgan fingerprint density at radius 3 is 2.27 bits per heavy atom. The van der Waals surface area contributed by atoms with Crippen LogP contribution in [0, 0.1) is 0 Å². The minimum absolute atomic E-state index is 0.340. The molecule has 0 amide bonds. The lowest BCUT2D eigenvalue weighted by atomic mass is 10.1. The van der Waals surface area contributed by atoms with Crippen molar-refractivity contribution >= 4 is 11.9 Å². The number of ether oxygens (including phenoxy) is 2. The minimum Gasteiger partial charge on any atom is -0.466 e. The minimum atomic E-state index is -0.973. The molecule has 1 atom stereocenters. The average molecular weight is 306 g/mol. The van der Waals surface area contributed by atoms with E-state index in [0.717, 1.165) is 19.3 Å². The highest BCUT2D eigenvalue weighted by molar-refractivity contribution is 5.80. The Morgan fingerprint density at radius 2 is 1.64 bits per heavy atom. The van der Waals surface area contributed by atoms with Crippen molar-refractivity contribution in [2.45, 2.75) is 58.0 Å². The van der Waals surface area contributed by atoms with Crippen LogP contribution in [0.3, 0.4) is 0 Å². The maximum Gasteiger partial charge on any atom is 0.351 e.